The van der Waals surface area contributed by atoms with Gasteiger partial charge in [-0.1, -0.05) is 42.5 Å². The van der Waals surface area contributed by atoms with Gasteiger partial charge in [0.15, 0.2) is 5.76 Å². The summed E-state index contributed by atoms with van der Waals surface area (Å²) in [5.41, 5.74) is 1.25. The summed E-state index contributed by atoms with van der Waals surface area (Å²) in [6.45, 7) is 2.20. The molecule has 8 nitrogen and oxygen atoms in total. The van der Waals surface area contributed by atoms with Gasteiger partial charge in [0, 0.05) is 12.1 Å². The topological polar surface area (TPSA) is 101 Å². The monoisotopic (exact) mass is 383 g/mol. The van der Waals surface area contributed by atoms with Crippen LogP contribution in [0.15, 0.2) is 59.5 Å². The highest BCUT2D eigenvalue weighted by molar-refractivity contribution is 7.89. The van der Waals surface area contributed by atoms with Crippen molar-refractivity contribution in [2.75, 3.05) is 6.54 Å². The standard InChI is InChI=1S/C18H17N5O3S/c1-2-22-16(17(24)14-10-6-7-11-15(14)27(22,25)26)18-19-21-23(20-18)12-13-8-4-3-5-9-13/h3-11,24H,2,12H2,1H3. The fourth-order valence-electron chi connectivity index (χ4n) is 3.07. The lowest BCUT2D eigenvalue weighted by Gasteiger charge is -2.29. The molecule has 27 heavy (non-hydrogen) atoms. The van der Waals surface area contributed by atoms with Crippen molar-refractivity contribution in [3.63, 3.8) is 0 Å². The average molecular weight is 383 g/mol. The predicted octanol–water partition coefficient (Wildman–Crippen LogP) is 2.13. The number of fused-ring (bicyclic) bond motifs is 1. The first kappa shape index (κ1) is 17.2. The molecule has 0 aliphatic carbocycles. The zero-order valence-electron chi connectivity index (χ0n) is 14.5. The van der Waals surface area contributed by atoms with Crippen LogP contribution in [0.4, 0.5) is 0 Å². The SMILES string of the molecule is CCN1C(c2nnn(Cc3ccccc3)n2)=C(O)c2ccccc2S1(=O)=O. The maximum absolute atomic E-state index is 13.0. The molecule has 0 spiro atoms. The quantitative estimate of drug-likeness (QED) is 0.741. The fourth-order valence-corrected chi connectivity index (χ4v) is 4.75. The van der Waals surface area contributed by atoms with Crippen LogP contribution in [0.25, 0.3) is 11.5 Å². The van der Waals surface area contributed by atoms with E-state index in [-0.39, 0.29) is 34.3 Å². The van der Waals surface area contributed by atoms with Gasteiger partial charge in [-0.2, -0.15) is 4.80 Å². The van der Waals surface area contributed by atoms with Gasteiger partial charge in [0.25, 0.3) is 10.0 Å². The van der Waals surface area contributed by atoms with Crippen molar-refractivity contribution in [3.05, 3.63) is 71.5 Å². The lowest BCUT2D eigenvalue weighted by atomic mass is 10.1. The van der Waals surface area contributed by atoms with Gasteiger partial charge in [-0.05, 0) is 29.8 Å². The minimum Gasteiger partial charge on any atom is -0.505 e. The van der Waals surface area contributed by atoms with Gasteiger partial charge < -0.3 is 5.11 Å². The summed E-state index contributed by atoms with van der Waals surface area (Å²) >= 11 is 0. The molecule has 1 aliphatic rings. The molecule has 1 aromatic heterocycles. The molecule has 138 valence electrons. The van der Waals surface area contributed by atoms with E-state index in [9.17, 15) is 13.5 Å². The Morgan fingerprint density at radius 2 is 1.74 bits per heavy atom. The predicted molar refractivity (Wildman–Crippen MR) is 98.8 cm³/mol. The van der Waals surface area contributed by atoms with Crippen LogP contribution in [0, 0.1) is 0 Å². The minimum absolute atomic E-state index is 0.0375. The molecule has 1 N–H and O–H groups in total. The molecule has 2 aromatic carbocycles. The third-order valence-corrected chi connectivity index (χ3v) is 6.24. The molecular formula is C18H17N5O3S. The lowest BCUT2D eigenvalue weighted by Crippen LogP contribution is -2.34. The summed E-state index contributed by atoms with van der Waals surface area (Å²) in [6, 6.07) is 15.9. The minimum atomic E-state index is -3.81. The van der Waals surface area contributed by atoms with Crippen molar-refractivity contribution in [1.29, 1.82) is 0 Å². The Bertz CT molecular complexity index is 1120. The van der Waals surface area contributed by atoms with Gasteiger partial charge in [0.2, 0.25) is 5.82 Å². The third kappa shape index (κ3) is 2.85. The molecule has 0 radical (unpaired) electrons. The van der Waals surface area contributed by atoms with Gasteiger partial charge in [-0.25, -0.2) is 8.42 Å². The number of aliphatic hydroxyl groups excluding tert-OH is 1. The van der Waals surface area contributed by atoms with Crippen molar-refractivity contribution < 1.29 is 13.5 Å². The van der Waals surface area contributed by atoms with Crippen LogP contribution >= 0.6 is 0 Å². The van der Waals surface area contributed by atoms with Crippen LogP contribution in [0.3, 0.4) is 0 Å². The number of aliphatic hydroxyl groups is 1. The summed E-state index contributed by atoms with van der Waals surface area (Å²) in [7, 11) is -3.81. The lowest BCUT2D eigenvalue weighted by molar-refractivity contribution is 0.473. The zero-order chi connectivity index (χ0) is 19.0. The first-order valence-corrected chi connectivity index (χ1v) is 9.84. The number of aromatic nitrogens is 4. The van der Waals surface area contributed by atoms with Crippen LogP contribution < -0.4 is 0 Å². The molecule has 0 unspecified atom stereocenters. The van der Waals surface area contributed by atoms with Gasteiger partial charge in [0.05, 0.1) is 11.4 Å². The van der Waals surface area contributed by atoms with E-state index in [1.165, 1.54) is 10.9 Å². The molecule has 0 amide bonds. The van der Waals surface area contributed by atoms with Crippen LogP contribution in [-0.4, -0.2) is 44.6 Å². The molecule has 0 saturated carbocycles. The maximum atomic E-state index is 13.0. The van der Waals surface area contributed by atoms with E-state index in [0.717, 1.165) is 9.87 Å². The third-order valence-electron chi connectivity index (χ3n) is 4.30. The summed E-state index contributed by atoms with van der Waals surface area (Å²) in [4.78, 5) is 1.43. The number of benzene rings is 2. The van der Waals surface area contributed by atoms with Crippen molar-refractivity contribution in [2.45, 2.75) is 18.4 Å². The Balaban J connectivity index is 1.81. The zero-order valence-corrected chi connectivity index (χ0v) is 15.3. The van der Waals surface area contributed by atoms with Crippen LogP contribution in [0.5, 0.6) is 0 Å². The Morgan fingerprint density at radius 3 is 2.48 bits per heavy atom. The van der Waals surface area contributed by atoms with Gasteiger partial charge >= 0.3 is 0 Å². The highest BCUT2D eigenvalue weighted by Crippen LogP contribution is 2.38. The van der Waals surface area contributed by atoms with E-state index in [4.69, 9.17) is 0 Å². The van der Waals surface area contributed by atoms with E-state index in [2.05, 4.69) is 15.4 Å². The summed E-state index contributed by atoms with van der Waals surface area (Å²) in [5.74, 6) is -0.120. The van der Waals surface area contributed by atoms with E-state index < -0.39 is 10.0 Å². The van der Waals surface area contributed by atoms with Gasteiger partial charge in [-0.15, -0.1) is 10.2 Å². The summed E-state index contributed by atoms with van der Waals surface area (Å²) < 4.78 is 27.0. The van der Waals surface area contributed by atoms with Crippen LogP contribution in [-0.2, 0) is 16.6 Å². The van der Waals surface area contributed by atoms with E-state index in [0.29, 0.717) is 6.54 Å². The first-order valence-electron chi connectivity index (χ1n) is 8.40. The maximum Gasteiger partial charge on any atom is 0.265 e. The van der Waals surface area contributed by atoms with Crippen LogP contribution in [0.2, 0.25) is 0 Å². The summed E-state index contributed by atoms with van der Waals surface area (Å²) in [5, 5.41) is 23.0. The molecule has 2 heterocycles. The van der Waals surface area contributed by atoms with Gasteiger partial charge in [0.1, 0.15) is 5.70 Å². The first-order chi connectivity index (χ1) is 13.0. The molecule has 1 aliphatic heterocycles. The second-order valence-corrected chi connectivity index (χ2v) is 7.82. The smallest absolute Gasteiger partial charge is 0.265 e. The Kier molecular flexibility index (Phi) is 4.15. The number of tetrazole rings is 1. The molecular weight excluding hydrogens is 366 g/mol. The molecule has 4 rings (SSSR count). The average Bonchev–Trinajstić information content (AvgIpc) is 3.13. The van der Waals surface area contributed by atoms with Crippen LogP contribution in [0.1, 0.15) is 23.9 Å². The molecule has 0 fully saturated rings. The molecule has 0 saturated heterocycles. The van der Waals surface area contributed by atoms with Crippen molar-refractivity contribution in [3.8, 4) is 0 Å². The van der Waals surface area contributed by atoms with Crippen molar-refractivity contribution in [2.24, 2.45) is 0 Å². The Labute approximate surface area is 156 Å². The second-order valence-electron chi connectivity index (χ2n) is 5.99. The molecule has 3 aromatic rings. The number of hydrogen-bond acceptors (Lipinski definition) is 6. The Hall–Kier alpha value is -3.20. The van der Waals surface area contributed by atoms with Crippen molar-refractivity contribution in [1.82, 2.24) is 24.5 Å². The molecule has 0 bridgehead atoms. The van der Waals surface area contributed by atoms with E-state index in [1.807, 2.05) is 30.3 Å². The van der Waals surface area contributed by atoms with Gasteiger partial charge in [-0.3, -0.25) is 4.31 Å². The Morgan fingerprint density at radius 1 is 1.04 bits per heavy atom. The molecule has 0 atom stereocenters. The van der Waals surface area contributed by atoms with E-state index >= 15 is 0 Å². The van der Waals surface area contributed by atoms with Crippen molar-refractivity contribution >= 4 is 21.5 Å². The fraction of sp³-hybridized carbons (Fsp3) is 0.167. The number of sulfonamides is 1. The number of hydrogen-bond donors (Lipinski definition) is 1. The molecule has 9 heteroatoms. The van der Waals surface area contributed by atoms with E-state index in [1.54, 1.807) is 25.1 Å². The largest absolute Gasteiger partial charge is 0.505 e. The highest BCUT2D eigenvalue weighted by Gasteiger charge is 2.38. The normalized spacial score (nSPS) is 15.7. The highest BCUT2D eigenvalue weighted by atomic mass is 32.2. The number of nitrogens with zero attached hydrogens (tertiary/aromatic N) is 5. The number of rotatable bonds is 4. The second kappa shape index (κ2) is 6.51. The summed E-state index contributed by atoms with van der Waals surface area (Å²) in [6.07, 6.45) is 0.